The van der Waals surface area contributed by atoms with Crippen LogP contribution in [0.25, 0.3) is 0 Å². The van der Waals surface area contributed by atoms with Crippen LogP contribution in [0.3, 0.4) is 0 Å². The number of alkyl halides is 3. The molecule has 0 spiro atoms. The highest BCUT2D eigenvalue weighted by molar-refractivity contribution is 8.02. The summed E-state index contributed by atoms with van der Waals surface area (Å²) >= 11 is 6.12. The smallest absolute Gasteiger partial charge is 0.422 e. The van der Waals surface area contributed by atoms with Crippen molar-refractivity contribution in [2.45, 2.75) is 17.2 Å². The molecule has 2 nitrogen and oxygen atoms in total. The van der Waals surface area contributed by atoms with Crippen LogP contribution in [0.5, 0.6) is 0 Å². The summed E-state index contributed by atoms with van der Waals surface area (Å²) in [4.78, 5) is 10.6. The maximum Gasteiger partial charge on any atom is 0.422 e. The molecule has 0 atom stereocenters. The van der Waals surface area contributed by atoms with Gasteiger partial charge in [-0.3, -0.25) is 0 Å². The SMILES string of the molecule is CCOC(=O)C(S)(S)C(F)(F)F. The van der Waals surface area contributed by atoms with Gasteiger partial charge >= 0.3 is 12.1 Å². The molecule has 0 rings (SSSR count). The van der Waals surface area contributed by atoms with Crippen LogP contribution >= 0.6 is 25.3 Å². The molecule has 0 bridgehead atoms. The fourth-order valence-electron chi connectivity index (χ4n) is 0.347. The normalized spacial score (nSPS) is 12.8. The molecule has 0 aliphatic rings. The maximum atomic E-state index is 12.0. The Kier molecular flexibility index (Phi) is 3.77. The summed E-state index contributed by atoms with van der Waals surface area (Å²) in [6, 6.07) is 0. The fraction of sp³-hybridized carbons (Fsp3) is 0.800. The van der Waals surface area contributed by atoms with Crippen LogP contribution in [-0.2, 0) is 9.53 Å². The first-order chi connectivity index (χ1) is 5.23. The van der Waals surface area contributed by atoms with Gasteiger partial charge in [-0.05, 0) is 6.92 Å². The summed E-state index contributed by atoms with van der Waals surface area (Å²) in [5.41, 5.74) is 0. The summed E-state index contributed by atoms with van der Waals surface area (Å²) < 4.78 is 37.0. The monoisotopic (exact) mass is 220 g/mol. The molecular formula is C5H7F3O2S2. The average Bonchev–Trinajstić information content (AvgIpc) is 1.85. The summed E-state index contributed by atoms with van der Waals surface area (Å²) in [6.45, 7) is 1.25. The highest BCUT2D eigenvalue weighted by atomic mass is 32.2. The first kappa shape index (κ1) is 12.0. The molecule has 0 aliphatic carbocycles. The molecule has 0 radical (unpaired) electrons. The van der Waals surface area contributed by atoms with Crippen molar-refractivity contribution in [2.75, 3.05) is 6.61 Å². The van der Waals surface area contributed by atoms with E-state index in [1.54, 1.807) is 0 Å². The number of hydrogen-bond donors (Lipinski definition) is 2. The van der Waals surface area contributed by atoms with Gasteiger partial charge in [0.05, 0.1) is 6.61 Å². The second kappa shape index (κ2) is 3.78. The van der Waals surface area contributed by atoms with Crippen molar-refractivity contribution in [1.29, 1.82) is 0 Å². The fourth-order valence-corrected chi connectivity index (χ4v) is 0.477. The minimum Gasteiger partial charge on any atom is -0.464 e. The Morgan fingerprint density at radius 1 is 1.42 bits per heavy atom. The van der Waals surface area contributed by atoms with Crippen molar-refractivity contribution < 1.29 is 22.7 Å². The van der Waals surface area contributed by atoms with Gasteiger partial charge in [0.2, 0.25) is 4.08 Å². The standard InChI is InChI=1S/C5H7F3O2S2/c1-2-10-3(9)4(11,12)5(6,7)8/h11-12H,2H2,1H3. The number of carbonyl (C=O) groups excluding carboxylic acids is 1. The molecule has 0 aromatic heterocycles. The van der Waals surface area contributed by atoms with Crippen LogP contribution in [0.1, 0.15) is 6.92 Å². The summed E-state index contributed by atoms with van der Waals surface area (Å²) in [6.07, 6.45) is -4.83. The molecule has 72 valence electrons. The Morgan fingerprint density at radius 2 is 1.83 bits per heavy atom. The van der Waals surface area contributed by atoms with E-state index in [0.717, 1.165) is 0 Å². The van der Waals surface area contributed by atoms with E-state index in [4.69, 9.17) is 0 Å². The van der Waals surface area contributed by atoms with Gasteiger partial charge in [0.25, 0.3) is 0 Å². The molecule has 0 amide bonds. The Labute approximate surface area is 78.3 Å². The molecule has 0 saturated carbocycles. The highest BCUT2D eigenvalue weighted by Gasteiger charge is 2.56. The van der Waals surface area contributed by atoms with Gasteiger partial charge in [0.15, 0.2) is 0 Å². The van der Waals surface area contributed by atoms with E-state index in [2.05, 4.69) is 30.0 Å². The number of rotatable bonds is 2. The predicted molar refractivity (Wildman–Crippen MR) is 43.4 cm³/mol. The first-order valence-electron chi connectivity index (χ1n) is 2.92. The van der Waals surface area contributed by atoms with E-state index >= 15 is 0 Å². The van der Waals surface area contributed by atoms with E-state index in [1.165, 1.54) is 6.92 Å². The van der Waals surface area contributed by atoms with E-state index in [9.17, 15) is 18.0 Å². The molecule has 12 heavy (non-hydrogen) atoms. The Morgan fingerprint density at radius 3 is 2.08 bits per heavy atom. The zero-order chi connectivity index (χ0) is 9.99. The van der Waals surface area contributed by atoms with Gasteiger partial charge < -0.3 is 4.74 Å². The van der Waals surface area contributed by atoms with Crippen LogP contribution in [0.2, 0.25) is 0 Å². The highest BCUT2D eigenvalue weighted by Crippen LogP contribution is 2.39. The summed E-state index contributed by atoms with van der Waals surface area (Å²) in [5.74, 6) is -1.51. The van der Waals surface area contributed by atoms with Crippen molar-refractivity contribution in [3.05, 3.63) is 0 Å². The van der Waals surface area contributed by atoms with Crippen LogP contribution in [0.4, 0.5) is 13.2 Å². The molecule has 0 aliphatic heterocycles. The Balaban J connectivity index is 4.50. The van der Waals surface area contributed by atoms with Crippen LogP contribution in [0, 0.1) is 0 Å². The molecular weight excluding hydrogens is 213 g/mol. The van der Waals surface area contributed by atoms with Gasteiger partial charge in [0, 0.05) is 0 Å². The number of carbonyl (C=O) groups is 1. The average molecular weight is 220 g/mol. The second-order valence-electron chi connectivity index (χ2n) is 1.89. The molecule has 0 aromatic rings. The van der Waals surface area contributed by atoms with Gasteiger partial charge in [-0.15, -0.1) is 25.3 Å². The van der Waals surface area contributed by atoms with E-state index in [1.807, 2.05) is 0 Å². The van der Waals surface area contributed by atoms with Crippen LogP contribution in [0.15, 0.2) is 0 Å². The van der Waals surface area contributed by atoms with Crippen molar-refractivity contribution in [3.8, 4) is 0 Å². The second-order valence-corrected chi connectivity index (χ2v) is 3.58. The van der Waals surface area contributed by atoms with Gasteiger partial charge in [0.1, 0.15) is 0 Å². The largest absolute Gasteiger partial charge is 0.464 e. The zero-order valence-corrected chi connectivity index (χ0v) is 7.84. The number of halogens is 3. The number of ether oxygens (including phenoxy) is 1. The quantitative estimate of drug-likeness (QED) is 0.420. The summed E-state index contributed by atoms with van der Waals surface area (Å²) in [5, 5.41) is 0. The lowest BCUT2D eigenvalue weighted by atomic mass is 10.4. The minimum absolute atomic E-state index is 0.141. The number of thiol groups is 2. The van der Waals surface area contributed by atoms with Crippen molar-refractivity contribution in [1.82, 2.24) is 0 Å². The van der Waals surface area contributed by atoms with Gasteiger partial charge in [-0.25, -0.2) is 4.79 Å². The van der Waals surface area contributed by atoms with Crippen molar-refractivity contribution >= 4 is 31.2 Å². The first-order valence-corrected chi connectivity index (χ1v) is 3.81. The Hall–Kier alpha value is -0.0400. The van der Waals surface area contributed by atoms with E-state index in [-0.39, 0.29) is 6.61 Å². The zero-order valence-electron chi connectivity index (χ0n) is 6.05. The minimum atomic E-state index is -4.83. The van der Waals surface area contributed by atoms with E-state index in [0.29, 0.717) is 0 Å². The lowest BCUT2D eigenvalue weighted by Gasteiger charge is -2.22. The van der Waals surface area contributed by atoms with Crippen LogP contribution in [-0.4, -0.2) is 22.8 Å². The van der Waals surface area contributed by atoms with Gasteiger partial charge in [-0.1, -0.05) is 0 Å². The maximum absolute atomic E-state index is 12.0. The Bertz CT molecular complexity index is 178. The lowest BCUT2D eigenvalue weighted by Crippen LogP contribution is -2.43. The summed E-state index contributed by atoms with van der Waals surface area (Å²) in [7, 11) is 0. The number of esters is 1. The third kappa shape index (κ3) is 2.48. The predicted octanol–water partition coefficient (Wildman–Crippen LogP) is 1.67. The number of hydrogen-bond acceptors (Lipinski definition) is 4. The molecule has 0 fully saturated rings. The van der Waals surface area contributed by atoms with Crippen molar-refractivity contribution in [2.24, 2.45) is 0 Å². The third-order valence-corrected chi connectivity index (χ3v) is 1.83. The molecule has 0 saturated heterocycles. The van der Waals surface area contributed by atoms with Crippen LogP contribution < -0.4 is 0 Å². The third-order valence-electron chi connectivity index (χ3n) is 0.955. The molecule has 0 unspecified atom stereocenters. The molecule has 7 heteroatoms. The van der Waals surface area contributed by atoms with Gasteiger partial charge in [-0.2, -0.15) is 13.2 Å². The topological polar surface area (TPSA) is 26.3 Å². The molecule has 0 heterocycles. The van der Waals surface area contributed by atoms with E-state index < -0.39 is 16.2 Å². The lowest BCUT2D eigenvalue weighted by molar-refractivity contribution is -0.172. The molecule has 0 aromatic carbocycles. The van der Waals surface area contributed by atoms with Crippen molar-refractivity contribution in [3.63, 3.8) is 0 Å². The molecule has 0 N–H and O–H groups in total.